The lowest BCUT2D eigenvalue weighted by Crippen LogP contribution is -2.61. The fourth-order valence-corrected chi connectivity index (χ4v) is 7.19. The zero-order valence-electron chi connectivity index (χ0n) is 18.3. The normalized spacial score (nSPS) is 12.9. The van der Waals surface area contributed by atoms with Gasteiger partial charge in [0.05, 0.1) is 20.9 Å². The third kappa shape index (κ3) is 2.71. The highest BCUT2D eigenvalue weighted by atomic mass is 32.1. The molecule has 0 atom stereocenters. The van der Waals surface area contributed by atoms with E-state index in [1.807, 2.05) is 48.5 Å². The third-order valence-corrected chi connectivity index (χ3v) is 8.59. The van der Waals surface area contributed by atoms with Gasteiger partial charge in [0.25, 0.3) is 0 Å². The van der Waals surface area contributed by atoms with Crippen LogP contribution in [0.4, 0.5) is 22.7 Å². The number of benzene rings is 3. The van der Waals surface area contributed by atoms with Gasteiger partial charge in [-0.1, -0.05) is 42.5 Å². The van der Waals surface area contributed by atoms with Crippen molar-refractivity contribution in [2.45, 2.75) is 0 Å². The summed E-state index contributed by atoms with van der Waals surface area (Å²) in [6.45, 7) is -0.255. The molecule has 0 saturated carbocycles. The Balaban J connectivity index is 1.62. The summed E-state index contributed by atoms with van der Waals surface area (Å²) in [5.74, 6) is 0. The minimum absolute atomic E-state index is 0.255. The van der Waals surface area contributed by atoms with Crippen molar-refractivity contribution >= 4 is 57.9 Å². The van der Waals surface area contributed by atoms with E-state index in [4.69, 9.17) is 0 Å². The predicted molar refractivity (Wildman–Crippen MR) is 145 cm³/mol. The van der Waals surface area contributed by atoms with Crippen LogP contribution >= 0.6 is 22.7 Å². The first-order valence-electron chi connectivity index (χ1n) is 11.2. The Kier molecular flexibility index (Phi) is 4.37. The Morgan fingerprint density at radius 2 is 1.06 bits per heavy atom. The molecule has 0 radical (unpaired) electrons. The van der Waals surface area contributed by atoms with E-state index < -0.39 is 0 Å². The van der Waals surface area contributed by atoms with Gasteiger partial charge in [-0.05, 0) is 63.7 Å². The number of nitriles is 2. The van der Waals surface area contributed by atoms with Crippen molar-refractivity contribution in [3.63, 3.8) is 0 Å². The van der Waals surface area contributed by atoms with Crippen LogP contribution in [0.3, 0.4) is 0 Å². The maximum absolute atomic E-state index is 10.0. The van der Waals surface area contributed by atoms with Crippen molar-refractivity contribution in [2.24, 2.45) is 0 Å². The highest BCUT2D eigenvalue weighted by Gasteiger charge is 2.48. The Morgan fingerprint density at radius 3 is 1.54 bits per heavy atom. The largest absolute Gasteiger partial charge is 0.422 e. The van der Waals surface area contributed by atoms with Crippen molar-refractivity contribution in [3.05, 3.63) is 101 Å². The number of fused-ring (bicyclic) bond motifs is 4. The van der Waals surface area contributed by atoms with Crippen LogP contribution in [-0.4, -0.2) is 6.98 Å². The number of rotatable bonds is 2. The lowest BCUT2D eigenvalue weighted by atomic mass is 9.55. The van der Waals surface area contributed by atoms with Crippen LogP contribution in [-0.2, 0) is 0 Å². The zero-order valence-corrected chi connectivity index (χ0v) is 20.0. The number of para-hydroxylation sites is 2. The summed E-state index contributed by atoms with van der Waals surface area (Å²) in [5.41, 5.74) is 8.74. The summed E-state index contributed by atoms with van der Waals surface area (Å²) >= 11 is 3.44. The average molecular weight is 482 g/mol. The summed E-state index contributed by atoms with van der Waals surface area (Å²) in [5, 5.41) is 24.3. The minimum Gasteiger partial charge on any atom is -0.359 e. The second kappa shape index (κ2) is 7.61. The van der Waals surface area contributed by atoms with E-state index in [0.29, 0.717) is 11.1 Å². The van der Waals surface area contributed by atoms with Gasteiger partial charge < -0.3 is 9.62 Å². The molecule has 0 unspecified atom stereocenters. The standard InChI is InChI=1S/C28H15BN4S2/c30-16-18-6-1-3-10-22(18)32-24-12-14-34-27(24)20-8-5-9-21-26(20)29(32)33(25-13-15-35-28(21)25)23-11-4-2-7-19(23)17-31/h1-15H. The number of anilines is 4. The molecular formula is C28H15BN4S2. The van der Waals surface area contributed by atoms with Crippen LogP contribution < -0.4 is 15.1 Å². The van der Waals surface area contributed by atoms with Crippen molar-refractivity contribution in [1.29, 1.82) is 10.5 Å². The van der Waals surface area contributed by atoms with Gasteiger partial charge in [-0.15, -0.1) is 22.7 Å². The van der Waals surface area contributed by atoms with Gasteiger partial charge in [0, 0.05) is 22.7 Å². The Morgan fingerprint density at radius 1 is 0.571 bits per heavy atom. The van der Waals surface area contributed by atoms with Crippen LogP contribution in [0.25, 0.3) is 20.9 Å². The van der Waals surface area contributed by atoms with E-state index >= 15 is 0 Å². The molecule has 7 rings (SSSR count). The molecule has 0 N–H and O–H groups in total. The van der Waals surface area contributed by atoms with E-state index in [0.717, 1.165) is 22.7 Å². The van der Waals surface area contributed by atoms with E-state index in [-0.39, 0.29) is 6.98 Å². The molecule has 0 aliphatic carbocycles. The molecule has 5 aromatic rings. The lowest BCUT2D eigenvalue weighted by Gasteiger charge is -2.46. The fraction of sp³-hybridized carbons (Fsp3) is 0. The molecular weight excluding hydrogens is 467 g/mol. The molecule has 0 fully saturated rings. The molecule has 0 amide bonds. The highest BCUT2D eigenvalue weighted by molar-refractivity contribution is 7.16. The summed E-state index contributed by atoms with van der Waals surface area (Å²) < 4.78 is 0. The van der Waals surface area contributed by atoms with Crippen LogP contribution in [0.5, 0.6) is 0 Å². The first-order valence-corrected chi connectivity index (χ1v) is 12.9. The molecule has 35 heavy (non-hydrogen) atoms. The number of nitrogens with zero attached hydrogens (tertiary/aromatic N) is 4. The molecule has 4 heterocycles. The number of hydrogen-bond acceptors (Lipinski definition) is 6. The van der Waals surface area contributed by atoms with Gasteiger partial charge in [-0.25, -0.2) is 0 Å². The number of hydrogen-bond donors (Lipinski definition) is 0. The van der Waals surface area contributed by atoms with E-state index in [2.05, 4.69) is 62.9 Å². The first-order chi connectivity index (χ1) is 17.3. The van der Waals surface area contributed by atoms with Crippen LogP contribution in [0.1, 0.15) is 11.1 Å². The predicted octanol–water partition coefficient (Wildman–Crippen LogP) is 6.89. The Labute approximate surface area is 211 Å². The first kappa shape index (κ1) is 20.1. The van der Waals surface area contributed by atoms with Gasteiger partial charge in [0.2, 0.25) is 0 Å². The topological polar surface area (TPSA) is 54.1 Å². The SMILES string of the molecule is N#Cc1ccccc1N1B2c3c(cccc3-c3sccc3N2c2ccccc2C#N)-c2sccc21. The van der Waals surface area contributed by atoms with Crippen LogP contribution in [0.15, 0.2) is 89.6 Å². The van der Waals surface area contributed by atoms with Crippen molar-refractivity contribution in [1.82, 2.24) is 0 Å². The fourth-order valence-electron chi connectivity index (χ4n) is 5.34. The maximum Gasteiger partial charge on any atom is 0.422 e. The molecule has 4 nitrogen and oxygen atoms in total. The van der Waals surface area contributed by atoms with E-state index in [9.17, 15) is 10.5 Å². The summed E-state index contributed by atoms with van der Waals surface area (Å²) in [6.07, 6.45) is 0. The summed E-state index contributed by atoms with van der Waals surface area (Å²) in [7, 11) is 0. The quantitative estimate of drug-likeness (QED) is 0.257. The number of thiophene rings is 2. The highest BCUT2D eigenvalue weighted by Crippen LogP contribution is 2.52. The van der Waals surface area contributed by atoms with Gasteiger partial charge in [0.1, 0.15) is 12.1 Å². The Bertz CT molecular complexity index is 1600. The van der Waals surface area contributed by atoms with Gasteiger partial charge in [0.15, 0.2) is 0 Å². The average Bonchev–Trinajstić information content (AvgIpc) is 3.60. The molecule has 2 aliphatic heterocycles. The van der Waals surface area contributed by atoms with Crippen molar-refractivity contribution in [3.8, 4) is 33.0 Å². The molecule has 7 heteroatoms. The van der Waals surface area contributed by atoms with Gasteiger partial charge in [-0.3, -0.25) is 0 Å². The van der Waals surface area contributed by atoms with Crippen LogP contribution in [0, 0.1) is 22.7 Å². The second-order valence-corrected chi connectivity index (χ2v) is 10.2. The molecule has 2 aliphatic rings. The van der Waals surface area contributed by atoms with Crippen LogP contribution in [0.2, 0.25) is 0 Å². The molecule has 3 aromatic carbocycles. The summed E-state index contributed by atoms with van der Waals surface area (Å²) in [6, 6.07) is 31.2. The van der Waals surface area contributed by atoms with Crippen molar-refractivity contribution in [2.75, 3.05) is 9.62 Å². The monoisotopic (exact) mass is 482 g/mol. The molecule has 0 spiro atoms. The smallest absolute Gasteiger partial charge is 0.359 e. The molecule has 0 saturated heterocycles. The Hall–Kier alpha value is -4.30. The van der Waals surface area contributed by atoms with E-state index in [1.165, 1.54) is 26.3 Å². The molecule has 0 bridgehead atoms. The summed E-state index contributed by atoms with van der Waals surface area (Å²) in [4.78, 5) is 6.95. The van der Waals surface area contributed by atoms with E-state index in [1.54, 1.807) is 22.7 Å². The van der Waals surface area contributed by atoms with Gasteiger partial charge >= 0.3 is 6.98 Å². The minimum atomic E-state index is -0.255. The molecule has 2 aromatic heterocycles. The maximum atomic E-state index is 10.0. The molecule has 162 valence electrons. The van der Waals surface area contributed by atoms with Gasteiger partial charge in [-0.2, -0.15) is 10.5 Å². The third-order valence-electron chi connectivity index (χ3n) is 6.72. The van der Waals surface area contributed by atoms with Crippen molar-refractivity contribution < 1.29 is 0 Å². The second-order valence-electron chi connectivity index (χ2n) is 8.41. The zero-order chi connectivity index (χ0) is 23.5. The lowest BCUT2D eigenvalue weighted by molar-refractivity contribution is 1.27.